The number of aliphatic hydroxyl groups excluding tert-OH is 1. The van der Waals surface area contributed by atoms with Crippen molar-refractivity contribution in [3.05, 3.63) is 41.1 Å². The molecule has 6 nitrogen and oxygen atoms in total. The maximum atomic E-state index is 12.6. The second kappa shape index (κ2) is 5.27. The van der Waals surface area contributed by atoms with Gasteiger partial charge in [0.05, 0.1) is 13.7 Å². The summed E-state index contributed by atoms with van der Waals surface area (Å²) in [6, 6.07) is 8.86. The molecule has 3 fully saturated rings. The van der Waals surface area contributed by atoms with Crippen molar-refractivity contribution in [2.75, 3.05) is 13.7 Å². The summed E-state index contributed by atoms with van der Waals surface area (Å²) in [6.07, 6.45) is 0.891. The molecule has 1 aromatic carbocycles. The molecule has 3 saturated heterocycles. The Balaban J connectivity index is 1.44. The number of carbonyl (C=O) groups excluding carboxylic acids is 1. The molecule has 0 radical (unpaired) electrons. The minimum absolute atomic E-state index is 0.0361. The molecule has 3 aliphatic heterocycles. The number of hydrogen-bond donors (Lipinski definition) is 1. The van der Waals surface area contributed by atoms with Gasteiger partial charge in [-0.3, -0.25) is 4.79 Å². The van der Waals surface area contributed by atoms with Crippen LogP contribution < -0.4 is 0 Å². The molecule has 2 bridgehead atoms. The van der Waals surface area contributed by atoms with E-state index in [9.17, 15) is 15.1 Å². The number of nitrogens with zero attached hydrogens (tertiary/aromatic N) is 1. The van der Waals surface area contributed by atoms with Crippen LogP contribution in [0.25, 0.3) is 0 Å². The fourth-order valence-electron chi connectivity index (χ4n) is 4.25. The van der Waals surface area contributed by atoms with Crippen molar-refractivity contribution in [2.24, 2.45) is 0 Å². The summed E-state index contributed by atoms with van der Waals surface area (Å²) in [4.78, 5) is 12.4. The number of likely N-dealkylation sites (N-methyl/N-ethyl adjacent to an activating group) is 1. The standard InChI is InChI=1S/C17H21NO5/c1-18(21)13-7-11(8-14(18)16-15(13)23-16)22-17(20)12(9-19)10-5-3-2-4-6-10/h2-6,11-16,19H,7-9H2,1H3/t11?,12-,13-,14+,15-,16+,18?/m0/s1. The molecule has 1 N–H and O–H groups in total. The Kier molecular flexibility index (Phi) is 3.46. The number of hydroxylamine groups is 3. The van der Waals surface area contributed by atoms with Gasteiger partial charge in [-0.05, 0) is 5.56 Å². The fourth-order valence-corrected chi connectivity index (χ4v) is 4.25. The molecule has 0 aliphatic carbocycles. The molecule has 6 heteroatoms. The first-order valence-corrected chi connectivity index (χ1v) is 8.11. The number of carbonyl (C=O) groups is 1. The third-order valence-corrected chi connectivity index (χ3v) is 5.60. The number of hydrogen-bond acceptors (Lipinski definition) is 5. The molecule has 2 unspecified atom stereocenters. The third-order valence-electron chi connectivity index (χ3n) is 5.60. The molecular weight excluding hydrogens is 298 g/mol. The van der Waals surface area contributed by atoms with Crippen molar-refractivity contribution in [3.63, 3.8) is 0 Å². The van der Waals surface area contributed by atoms with Crippen LogP contribution in [-0.2, 0) is 14.3 Å². The summed E-state index contributed by atoms with van der Waals surface area (Å²) in [5.41, 5.74) is 0.745. The van der Waals surface area contributed by atoms with E-state index in [-0.39, 0.29) is 41.6 Å². The van der Waals surface area contributed by atoms with E-state index in [2.05, 4.69) is 0 Å². The number of esters is 1. The second-order valence-electron chi connectivity index (χ2n) is 6.94. The second-order valence-corrected chi connectivity index (χ2v) is 6.94. The van der Waals surface area contributed by atoms with Gasteiger partial charge in [0, 0.05) is 12.8 Å². The Hall–Kier alpha value is -1.47. The number of rotatable bonds is 4. The molecule has 0 aromatic heterocycles. The van der Waals surface area contributed by atoms with Gasteiger partial charge in [-0.2, -0.15) is 0 Å². The lowest BCUT2D eigenvalue weighted by molar-refractivity contribution is -0.911. The molecular formula is C17H21NO5. The Morgan fingerprint density at radius 1 is 1.35 bits per heavy atom. The SMILES string of the molecule is C[N+]1([O-])[C@@H]2CC(OC(=O)[C@@H](CO)c3ccccc3)C[C@H]1[C@@H]1O[C@@H]12. The van der Waals surface area contributed by atoms with Gasteiger partial charge in [-0.1, -0.05) is 30.3 Å². The highest BCUT2D eigenvalue weighted by Crippen LogP contribution is 2.52. The highest BCUT2D eigenvalue weighted by Gasteiger charge is 2.69. The lowest BCUT2D eigenvalue weighted by Crippen LogP contribution is -2.58. The summed E-state index contributed by atoms with van der Waals surface area (Å²) in [5, 5.41) is 22.2. The lowest BCUT2D eigenvalue weighted by Gasteiger charge is -2.51. The largest absolute Gasteiger partial charge is 0.632 e. The number of epoxide rings is 1. The lowest BCUT2D eigenvalue weighted by atomic mass is 9.97. The highest BCUT2D eigenvalue weighted by atomic mass is 16.6. The topological polar surface area (TPSA) is 82.1 Å². The minimum atomic E-state index is -0.672. The quantitative estimate of drug-likeness (QED) is 0.386. The molecule has 23 heavy (non-hydrogen) atoms. The molecule has 3 heterocycles. The van der Waals surface area contributed by atoms with Crippen molar-refractivity contribution in [2.45, 2.75) is 49.2 Å². The molecule has 0 spiro atoms. The van der Waals surface area contributed by atoms with E-state index in [0.29, 0.717) is 12.8 Å². The van der Waals surface area contributed by atoms with E-state index in [1.165, 1.54) is 0 Å². The number of morpholine rings is 1. The molecule has 124 valence electrons. The first kappa shape index (κ1) is 15.1. The van der Waals surface area contributed by atoms with Crippen LogP contribution >= 0.6 is 0 Å². The smallest absolute Gasteiger partial charge is 0.316 e. The normalized spacial score (nSPS) is 42.0. The van der Waals surface area contributed by atoms with Crippen LogP contribution in [0.3, 0.4) is 0 Å². The Bertz CT molecular complexity index is 584. The van der Waals surface area contributed by atoms with Crippen LogP contribution in [0.2, 0.25) is 0 Å². The predicted octanol–water partition coefficient (Wildman–Crippen LogP) is 0.931. The average molecular weight is 319 g/mol. The summed E-state index contributed by atoms with van der Waals surface area (Å²) < 4.78 is 10.9. The van der Waals surface area contributed by atoms with Crippen molar-refractivity contribution < 1.29 is 24.0 Å². The van der Waals surface area contributed by atoms with Gasteiger partial charge in [-0.15, -0.1) is 0 Å². The van der Waals surface area contributed by atoms with Gasteiger partial charge in [0.25, 0.3) is 0 Å². The van der Waals surface area contributed by atoms with E-state index < -0.39 is 11.9 Å². The number of quaternary nitrogens is 1. The summed E-state index contributed by atoms with van der Waals surface area (Å²) >= 11 is 0. The predicted molar refractivity (Wildman–Crippen MR) is 81.2 cm³/mol. The number of ether oxygens (including phenoxy) is 2. The maximum absolute atomic E-state index is 12.6. The van der Waals surface area contributed by atoms with Gasteiger partial charge in [-0.25, -0.2) is 0 Å². The van der Waals surface area contributed by atoms with E-state index in [4.69, 9.17) is 9.47 Å². The van der Waals surface area contributed by atoms with Crippen LogP contribution in [0.15, 0.2) is 30.3 Å². The van der Waals surface area contributed by atoms with Gasteiger partial charge >= 0.3 is 5.97 Å². The van der Waals surface area contributed by atoms with Crippen LogP contribution in [-0.4, -0.2) is 59.8 Å². The van der Waals surface area contributed by atoms with E-state index in [1.54, 1.807) is 19.2 Å². The van der Waals surface area contributed by atoms with E-state index >= 15 is 0 Å². The van der Waals surface area contributed by atoms with Crippen molar-refractivity contribution >= 4 is 5.97 Å². The van der Waals surface area contributed by atoms with Crippen LogP contribution in [0.5, 0.6) is 0 Å². The first-order chi connectivity index (χ1) is 11.0. The van der Waals surface area contributed by atoms with Crippen LogP contribution in [0.1, 0.15) is 24.3 Å². The fraction of sp³-hybridized carbons (Fsp3) is 0.588. The third kappa shape index (κ3) is 2.37. The number of piperidine rings is 1. The molecule has 1 aromatic rings. The van der Waals surface area contributed by atoms with Crippen molar-refractivity contribution in [1.29, 1.82) is 0 Å². The molecule has 0 saturated carbocycles. The van der Waals surface area contributed by atoms with Gasteiger partial charge in [0.1, 0.15) is 36.3 Å². The first-order valence-electron chi connectivity index (χ1n) is 8.11. The number of fused-ring (bicyclic) bond motifs is 5. The molecule has 7 atom stereocenters. The monoisotopic (exact) mass is 319 g/mol. The zero-order chi connectivity index (χ0) is 16.2. The summed E-state index contributed by atoms with van der Waals surface area (Å²) in [7, 11) is 1.70. The molecule has 4 rings (SSSR count). The van der Waals surface area contributed by atoms with Crippen molar-refractivity contribution in [1.82, 2.24) is 0 Å². The van der Waals surface area contributed by atoms with Crippen LogP contribution in [0, 0.1) is 5.21 Å². The van der Waals surface area contributed by atoms with Gasteiger partial charge in [0.2, 0.25) is 0 Å². The van der Waals surface area contributed by atoms with E-state index in [1.807, 2.05) is 18.2 Å². The zero-order valence-corrected chi connectivity index (χ0v) is 13.0. The molecule has 3 aliphatic rings. The Labute approximate surface area is 134 Å². The summed E-state index contributed by atoms with van der Waals surface area (Å²) in [5.74, 6) is -1.09. The molecule has 0 amide bonds. The minimum Gasteiger partial charge on any atom is -0.632 e. The number of benzene rings is 1. The highest BCUT2D eigenvalue weighted by molar-refractivity contribution is 5.78. The zero-order valence-electron chi connectivity index (χ0n) is 13.0. The van der Waals surface area contributed by atoms with Gasteiger partial charge in [0.15, 0.2) is 0 Å². The number of aliphatic hydroxyl groups is 1. The van der Waals surface area contributed by atoms with Gasteiger partial charge < -0.3 is 24.4 Å². The van der Waals surface area contributed by atoms with Crippen molar-refractivity contribution in [3.8, 4) is 0 Å². The van der Waals surface area contributed by atoms with E-state index in [0.717, 1.165) is 5.56 Å². The maximum Gasteiger partial charge on any atom is 0.316 e. The Morgan fingerprint density at radius 2 is 1.96 bits per heavy atom. The Morgan fingerprint density at radius 3 is 2.52 bits per heavy atom. The average Bonchev–Trinajstić information content (AvgIpc) is 3.27. The van der Waals surface area contributed by atoms with Crippen LogP contribution in [0.4, 0.5) is 0 Å². The summed E-state index contributed by atoms with van der Waals surface area (Å²) in [6.45, 7) is -0.286.